The van der Waals surface area contributed by atoms with Crippen LogP contribution in [0.3, 0.4) is 0 Å². The Kier molecular flexibility index (Phi) is 6.52. The van der Waals surface area contributed by atoms with Crippen molar-refractivity contribution in [2.75, 3.05) is 32.8 Å². The summed E-state index contributed by atoms with van der Waals surface area (Å²) in [5.41, 5.74) is 8.34. The molecule has 1 aromatic heterocycles. The van der Waals surface area contributed by atoms with Gasteiger partial charge in [0.2, 0.25) is 0 Å². The smallest absolute Gasteiger partial charge is 0.271 e. The van der Waals surface area contributed by atoms with E-state index >= 15 is 0 Å². The maximum Gasteiger partial charge on any atom is 0.271 e. The van der Waals surface area contributed by atoms with Gasteiger partial charge in [-0.2, -0.15) is 0 Å². The van der Waals surface area contributed by atoms with Gasteiger partial charge in [-0.1, -0.05) is 24.3 Å². The van der Waals surface area contributed by atoms with E-state index in [1.165, 1.54) is 16.9 Å². The van der Waals surface area contributed by atoms with Gasteiger partial charge in [-0.15, -0.1) is 11.3 Å². The molecule has 6 nitrogen and oxygen atoms in total. The summed E-state index contributed by atoms with van der Waals surface area (Å²) in [7, 11) is 0. The molecule has 0 saturated carbocycles. The number of carbonyl (C=O) groups is 1. The molecule has 1 fully saturated rings. The lowest BCUT2D eigenvalue weighted by molar-refractivity contribution is 0.0342. The largest absolute Gasteiger partial charge is 0.379 e. The Bertz CT molecular complexity index is 681. The van der Waals surface area contributed by atoms with Crippen LogP contribution in [0.2, 0.25) is 0 Å². The Morgan fingerprint density at radius 3 is 2.68 bits per heavy atom. The molecule has 1 amide bonds. The molecule has 0 aliphatic carbocycles. The van der Waals surface area contributed by atoms with E-state index in [4.69, 9.17) is 10.5 Å². The summed E-state index contributed by atoms with van der Waals surface area (Å²) < 4.78 is 5.37. The minimum absolute atomic E-state index is 0.142. The molecule has 2 aromatic rings. The van der Waals surface area contributed by atoms with Crippen LogP contribution in [0, 0.1) is 0 Å². The summed E-state index contributed by atoms with van der Waals surface area (Å²) in [5.74, 6) is -0.142. The van der Waals surface area contributed by atoms with Crippen molar-refractivity contribution in [2.45, 2.75) is 19.5 Å². The number of ether oxygens (including phenoxy) is 1. The molecule has 0 unspecified atom stereocenters. The van der Waals surface area contributed by atoms with Gasteiger partial charge in [-0.3, -0.25) is 9.69 Å². The molecule has 134 valence electrons. The number of nitrogens with zero attached hydrogens (tertiary/aromatic N) is 2. The third-order valence-electron chi connectivity index (χ3n) is 4.13. The molecule has 1 aromatic carbocycles. The van der Waals surface area contributed by atoms with Crippen molar-refractivity contribution in [3.05, 3.63) is 51.5 Å². The van der Waals surface area contributed by atoms with E-state index in [-0.39, 0.29) is 5.91 Å². The zero-order valence-electron chi connectivity index (χ0n) is 14.2. The fourth-order valence-electron chi connectivity index (χ4n) is 2.71. The van der Waals surface area contributed by atoms with E-state index in [0.29, 0.717) is 25.2 Å². The zero-order valence-corrected chi connectivity index (χ0v) is 15.1. The molecule has 1 aliphatic heterocycles. The lowest BCUT2D eigenvalue weighted by atomic mass is 10.1. The normalized spacial score (nSPS) is 15.2. The maximum absolute atomic E-state index is 12.1. The van der Waals surface area contributed by atoms with Crippen molar-refractivity contribution in [3.8, 4) is 0 Å². The third kappa shape index (κ3) is 5.34. The summed E-state index contributed by atoms with van der Waals surface area (Å²) >= 11 is 1.48. The predicted molar refractivity (Wildman–Crippen MR) is 98.6 cm³/mol. The number of amides is 1. The van der Waals surface area contributed by atoms with Crippen LogP contribution in [0.5, 0.6) is 0 Å². The molecule has 3 rings (SSSR count). The molecule has 0 radical (unpaired) electrons. The van der Waals surface area contributed by atoms with Crippen LogP contribution in [0.25, 0.3) is 0 Å². The molecule has 0 bridgehead atoms. The maximum atomic E-state index is 12.1. The summed E-state index contributed by atoms with van der Waals surface area (Å²) in [6.07, 6.45) is 0.711. The van der Waals surface area contributed by atoms with E-state index in [9.17, 15) is 4.79 Å². The number of rotatable bonds is 7. The quantitative estimate of drug-likeness (QED) is 0.780. The number of morpholine rings is 1. The van der Waals surface area contributed by atoms with Gasteiger partial charge in [0.05, 0.1) is 18.2 Å². The predicted octanol–water partition coefficient (Wildman–Crippen LogP) is 1.41. The Balaban J connectivity index is 1.48. The van der Waals surface area contributed by atoms with Crippen LogP contribution in [0.1, 0.15) is 26.6 Å². The van der Waals surface area contributed by atoms with Gasteiger partial charge in [0, 0.05) is 38.0 Å². The number of nitrogens with one attached hydrogen (secondary N) is 1. The van der Waals surface area contributed by atoms with Gasteiger partial charge in [0.1, 0.15) is 5.69 Å². The molecule has 0 spiro atoms. The Labute approximate surface area is 152 Å². The van der Waals surface area contributed by atoms with Crippen LogP contribution >= 0.6 is 11.3 Å². The molecule has 1 aliphatic rings. The summed E-state index contributed by atoms with van der Waals surface area (Å²) in [5, 5.41) is 5.60. The highest BCUT2D eigenvalue weighted by Crippen LogP contribution is 2.11. The standard InChI is InChI=1S/C18H24N4O2S/c19-6-5-17-21-16(13-25-17)18(23)20-11-14-1-3-15(4-2-14)12-22-7-9-24-10-8-22/h1-4,13H,5-12,19H2,(H,20,23). The number of nitrogens with two attached hydrogens (primary N) is 1. The average Bonchev–Trinajstić information content (AvgIpc) is 3.11. The Morgan fingerprint density at radius 2 is 1.96 bits per heavy atom. The first kappa shape index (κ1) is 18.0. The second kappa shape index (κ2) is 9.05. The SMILES string of the molecule is NCCc1nc(C(=O)NCc2ccc(CN3CCOCC3)cc2)cs1. The van der Waals surface area contributed by atoms with E-state index in [1.807, 2.05) is 0 Å². The van der Waals surface area contributed by atoms with E-state index in [1.54, 1.807) is 5.38 Å². The average molecular weight is 360 g/mol. The Hall–Kier alpha value is -1.80. The van der Waals surface area contributed by atoms with Crippen molar-refractivity contribution in [2.24, 2.45) is 5.73 Å². The van der Waals surface area contributed by atoms with E-state index < -0.39 is 0 Å². The summed E-state index contributed by atoms with van der Waals surface area (Å²) in [4.78, 5) is 18.8. The summed E-state index contributed by atoms with van der Waals surface area (Å²) in [6, 6.07) is 8.38. The first-order valence-corrected chi connectivity index (χ1v) is 9.43. The fraction of sp³-hybridized carbons (Fsp3) is 0.444. The molecule has 0 atom stereocenters. The molecule has 7 heteroatoms. The lowest BCUT2D eigenvalue weighted by Gasteiger charge is -2.26. The highest BCUT2D eigenvalue weighted by molar-refractivity contribution is 7.09. The van der Waals surface area contributed by atoms with Crippen molar-refractivity contribution < 1.29 is 9.53 Å². The van der Waals surface area contributed by atoms with Gasteiger partial charge in [0.15, 0.2) is 0 Å². The molecule has 3 N–H and O–H groups in total. The summed E-state index contributed by atoms with van der Waals surface area (Å²) in [6.45, 7) is 5.58. The zero-order chi connectivity index (χ0) is 17.5. The van der Waals surface area contributed by atoms with Crippen molar-refractivity contribution in [1.82, 2.24) is 15.2 Å². The van der Waals surface area contributed by atoms with E-state index in [0.717, 1.165) is 43.4 Å². The van der Waals surface area contributed by atoms with Crippen molar-refractivity contribution in [1.29, 1.82) is 0 Å². The molecular weight excluding hydrogens is 336 g/mol. The van der Waals surface area contributed by atoms with Gasteiger partial charge in [-0.25, -0.2) is 4.98 Å². The number of thiazole rings is 1. The van der Waals surface area contributed by atoms with E-state index in [2.05, 4.69) is 39.5 Å². The minimum Gasteiger partial charge on any atom is -0.379 e. The van der Waals surface area contributed by atoms with Crippen LogP contribution in [-0.4, -0.2) is 48.6 Å². The third-order valence-corrected chi connectivity index (χ3v) is 5.04. The molecule has 25 heavy (non-hydrogen) atoms. The van der Waals surface area contributed by atoms with Gasteiger partial charge in [0.25, 0.3) is 5.91 Å². The van der Waals surface area contributed by atoms with Crippen molar-refractivity contribution in [3.63, 3.8) is 0 Å². The second-order valence-electron chi connectivity index (χ2n) is 6.05. The second-order valence-corrected chi connectivity index (χ2v) is 7.00. The van der Waals surface area contributed by atoms with Gasteiger partial charge < -0.3 is 15.8 Å². The lowest BCUT2D eigenvalue weighted by Crippen LogP contribution is -2.35. The monoisotopic (exact) mass is 360 g/mol. The number of hydrogen-bond acceptors (Lipinski definition) is 6. The van der Waals surface area contributed by atoms with Crippen LogP contribution in [0.4, 0.5) is 0 Å². The Morgan fingerprint density at radius 1 is 1.24 bits per heavy atom. The minimum atomic E-state index is -0.142. The van der Waals surface area contributed by atoms with Gasteiger partial charge >= 0.3 is 0 Å². The molecular formula is C18H24N4O2S. The molecule has 2 heterocycles. The first-order chi connectivity index (χ1) is 12.2. The number of aromatic nitrogens is 1. The number of carbonyl (C=O) groups excluding carboxylic acids is 1. The van der Waals surface area contributed by atoms with Gasteiger partial charge in [-0.05, 0) is 17.7 Å². The fourth-order valence-corrected chi connectivity index (χ4v) is 3.50. The van der Waals surface area contributed by atoms with Crippen LogP contribution in [-0.2, 0) is 24.2 Å². The highest BCUT2D eigenvalue weighted by Gasteiger charge is 2.12. The number of benzene rings is 1. The number of hydrogen-bond donors (Lipinski definition) is 2. The topological polar surface area (TPSA) is 80.5 Å². The van der Waals surface area contributed by atoms with Crippen LogP contribution in [0.15, 0.2) is 29.6 Å². The first-order valence-electron chi connectivity index (χ1n) is 8.55. The molecule has 1 saturated heterocycles. The highest BCUT2D eigenvalue weighted by atomic mass is 32.1. The van der Waals surface area contributed by atoms with Crippen molar-refractivity contribution >= 4 is 17.2 Å². The van der Waals surface area contributed by atoms with Crippen LogP contribution < -0.4 is 11.1 Å².